The number of benzene rings is 1. The summed E-state index contributed by atoms with van der Waals surface area (Å²) in [6.07, 6.45) is 0. The van der Waals surface area contributed by atoms with Crippen LogP contribution in [-0.2, 0) is 0 Å². The van der Waals surface area contributed by atoms with Crippen LogP contribution < -0.4 is 0 Å². The van der Waals surface area contributed by atoms with Crippen molar-refractivity contribution in [1.82, 2.24) is 0 Å². The van der Waals surface area contributed by atoms with Gasteiger partial charge in [-0.2, -0.15) is 0 Å². The number of hydrogen-bond acceptors (Lipinski definition) is 4. The third kappa shape index (κ3) is 3.35. The lowest BCUT2D eigenvalue weighted by Crippen LogP contribution is -1.97. The summed E-state index contributed by atoms with van der Waals surface area (Å²) in [4.78, 5) is 1.39. The fraction of sp³-hybridized carbons (Fsp3) is 0.333. The zero-order chi connectivity index (χ0) is 8.93. The Labute approximate surface area is 96.0 Å². The molecule has 1 aliphatic rings. The lowest BCUT2D eigenvalue weighted by molar-refractivity contribution is 1.46. The van der Waals surface area contributed by atoms with Gasteiger partial charge in [0, 0.05) is 15.1 Å². The first-order chi connectivity index (χ1) is 6.45. The van der Waals surface area contributed by atoms with E-state index in [1.54, 1.807) is 0 Å². The van der Waals surface area contributed by atoms with Gasteiger partial charge in [0.25, 0.3) is 0 Å². The molecule has 0 unspecified atom stereocenters. The van der Waals surface area contributed by atoms with Crippen LogP contribution in [0.3, 0.4) is 0 Å². The fourth-order valence-electron chi connectivity index (χ4n) is 0.968. The van der Waals surface area contributed by atoms with Crippen LogP contribution in [0.4, 0.5) is 0 Å². The van der Waals surface area contributed by atoms with Gasteiger partial charge in [-0.25, -0.2) is 0 Å². The quantitative estimate of drug-likeness (QED) is 0.767. The molecule has 1 aliphatic heterocycles. The van der Waals surface area contributed by atoms with Crippen molar-refractivity contribution in [3.05, 3.63) is 30.3 Å². The van der Waals surface area contributed by atoms with Crippen molar-refractivity contribution >= 4 is 47.0 Å². The van der Waals surface area contributed by atoms with Gasteiger partial charge in [-0.05, 0) is 12.1 Å². The Bertz CT molecular complexity index is 243. The summed E-state index contributed by atoms with van der Waals surface area (Å²) < 4.78 is 0.698. The molecule has 1 aromatic rings. The maximum Gasteiger partial charge on any atom is 0.102 e. The van der Waals surface area contributed by atoms with Gasteiger partial charge < -0.3 is 0 Å². The minimum Gasteiger partial charge on any atom is -0.140 e. The van der Waals surface area contributed by atoms with Gasteiger partial charge in [-0.1, -0.05) is 18.2 Å². The van der Waals surface area contributed by atoms with Crippen LogP contribution in [0.25, 0.3) is 0 Å². The average molecular weight is 246 g/mol. The topological polar surface area (TPSA) is 0 Å². The zero-order valence-corrected chi connectivity index (χ0v) is 10.3. The highest BCUT2D eigenvalue weighted by molar-refractivity contribution is 8.40. The second-order valence-electron chi connectivity index (χ2n) is 2.49. The van der Waals surface area contributed by atoms with Crippen LogP contribution >= 0.6 is 47.0 Å². The Hall–Kier alpha value is 0.620. The Balaban J connectivity index is 1.90. The third-order valence-corrected chi connectivity index (χ3v) is 7.46. The van der Waals surface area contributed by atoms with Crippen molar-refractivity contribution in [2.45, 2.75) is 8.81 Å². The monoisotopic (exact) mass is 246 g/mol. The number of hydrogen-bond donors (Lipinski definition) is 0. The molecule has 0 radical (unpaired) electrons. The molecule has 13 heavy (non-hydrogen) atoms. The zero-order valence-electron chi connectivity index (χ0n) is 7.01. The highest BCUT2D eigenvalue weighted by Gasteiger charge is 2.15. The Morgan fingerprint density at radius 1 is 1.08 bits per heavy atom. The molecule has 0 aliphatic carbocycles. The van der Waals surface area contributed by atoms with Crippen molar-refractivity contribution in [2.24, 2.45) is 0 Å². The van der Waals surface area contributed by atoms with E-state index in [1.807, 2.05) is 47.0 Å². The van der Waals surface area contributed by atoms with Gasteiger partial charge in [-0.15, -0.1) is 47.0 Å². The second kappa shape index (κ2) is 5.49. The molecule has 0 amide bonds. The lowest BCUT2D eigenvalue weighted by atomic mass is 10.4. The summed E-state index contributed by atoms with van der Waals surface area (Å²) >= 11 is 8.09. The molecule has 0 spiro atoms. The first-order valence-electron chi connectivity index (χ1n) is 3.98. The molecule has 4 heteroatoms. The molecule has 0 aromatic heterocycles. The van der Waals surface area contributed by atoms with Crippen molar-refractivity contribution in [2.75, 3.05) is 10.2 Å². The van der Waals surface area contributed by atoms with Gasteiger partial charge in [0.2, 0.25) is 0 Å². The molecule has 1 fully saturated rings. The minimum absolute atomic E-state index is 0.698. The van der Waals surface area contributed by atoms with Crippen LogP contribution in [0, 0.1) is 0 Å². The molecule has 0 atom stereocenters. The summed E-state index contributed by atoms with van der Waals surface area (Å²) in [5.41, 5.74) is 0. The standard InChI is InChI=1S/C9H10S4/c1-2-4-8(5-3-1)13-9-11-6-10-7-12-9/h1-5,9H,6-7H2. The minimum atomic E-state index is 0.698. The van der Waals surface area contributed by atoms with E-state index in [9.17, 15) is 0 Å². The molecule has 0 saturated carbocycles. The average Bonchev–Trinajstić information content (AvgIpc) is 2.21. The molecule has 0 bridgehead atoms. The van der Waals surface area contributed by atoms with Crippen molar-refractivity contribution < 1.29 is 0 Å². The van der Waals surface area contributed by atoms with E-state index in [0.29, 0.717) is 3.91 Å². The molecule has 1 aromatic carbocycles. The summed E-state index contributed by atoms with van der Waals surface area (Å²) in [5.74, 6) is 0. The van der Waals surface area contributed by atoms with Crippen molar-refractivity contribution in [3.8, 4) is 0 Å². The van der Waals surface area contributed by atoms with E-state index < -0.39 is 0 Å². The summed E-state index contributed by atoms with van der Waals surface area (Å²) in [5, 5.41) is 2.50. The van der Waals surface area contributed by atoms with Crippen molar-refractivity contribution in [1.29, 1.82) is 0 Å². The van der Waals surface area contributed by atoms with Crippen LogP contribution in [-0.4, -0.2) is 14.1 Å². The normalized spacial score (nSPS) is 18.8. The van der Waals surface area contributed by atoms with Gasteiger partial charge >= 0.3 is 0 Å². The third-order valence-electron chi connectivity index (χ3n) is 1.55. The van der Waals surface area contributed by atoms with Gasteiger partial charge in [-0.3, -0.25) is 0 Å². The lowest BCUT2D eigenvalue weighted by Gasteiger charge is -2.19. The SMILES string of the molecule is c1ccc(SC2SCSCS2)cc1. The number of rotatable bonds is 2. The van der Waals surface area contributed by atoms with Gasteiger partial charge in [0.1, 0.15) is 3.91 Å². The summed E-state index contributed by atoms with van der Waals surface area (Å²) in [6, 6.07) is 10.7. The van der Waals surface area contributed by atoms with E-state index in [2.05, 4.69) is 30.3 Å². The maximum atomic E-state index is 2.19. The van der Waals surface area contributed by atoms with E-state index in [4.69, 9.17) is 0 Å². The van der Waals surface area contributed by atoms with Gasteiger partial charge in [0.05, 0.1) is 0 Å². The van der Waals surface area contributed by atoms with Crippen molar-refractivity contribution in [3.63, 3.8) is 0 Å². The maximum absolute atomic E-state index is 2.19. The predicted molar refractivity (Wildman–Crippen MR) is 68.6 cm³/mol. The molecule has 0 nitrogen and oxygen atoms in total. The highest BCUT2D eigenvalue weighted by atomic mass is 32.3. The molecule has 1 saturated heterocycles. The van der Waals surface area contributed by atoms with Crippen LogP contribution in [0.1, 0.15) is 0 Å². The molecule has 1 heterocycles. The predicted octanol–water partition coefficient (Wildman–Crippen LogP) is 4.19. The van der Waals surface area contributed by atoms with Gasteiger partial charge in [0.15, 0.2) is 0 Å². The van der Waals surface area contributed by atoms with Crippen LogP contribution in [0.5, 0.6) is 0 Å². The first-order valence-corrected chi connectivity index (χ1v) is 8.11. The smallest absolute Gasteiger partial charge is 0.102 e. The fourth-order valence-corrected chi connectivity index (χ4v) is 7.64. The van der Waals surface area contributed by atoms with E-state index in [1.165, 1.54) is 15.1 Å². The Kier molecular flexibility index (Phi) is 4.28. The first kappa shape index (κ1) is 10.1. The van der Waals surface area contributed by atoms with E-state index >= 15 is 0 Å². The van der Waals surface area contributed by atoms with E-state index in [-0.39, 0.29) is 0 Å². The highest BCUT2D eigenvalue weighted by Crippen LogP contribution is 2.44. The Morgan fingerprint density at radius 3 is 2.46 bits per heavy atom. The molecule has 0 N–H and O–H groups in total. The summed E-state index contributed by atoms with van der Waals surface area (Å²) in [7, 11) is 0. The molecule has 2 rings (SSSR count). The molecular weight excluding hydrogens is 236 g/mol. The van der Waals surface area contributed by atoms with Crippen LogP contribution in [0.2, 0.25) is 0 Å². The largest absolute Gasteiger partial charge is 0.140 e. The van der Waals surface area contributed by atoms with Crippen LogP contribution in [0.15, 0.2) is 35.2 Å². The summed E-state index contributed by atoms with van der Waals surface area (Å²) in [6.45, 7) is 0. The Morgan fingerprint density at radius 2 is 1.77 bits per heavy atom. The molecular formula is C9H10S4. The van der Waals surface area contributed by atoms with E-state index in [0.717, 1.165) is 0 Å². The number of thioether (sulfide) groups is 4. The molecule has 70 valence electrons. The second-order valence-corrected chi connectivity index (χ2v) is 8.47.